The Labute approximate surface area is 102 Å². The molecule has 16 heavy (non-hydrogen) atoms. The molecular formula is C9H13BrN4O2. The molecule has 0 unspecified atom stereocenters. The van der Waals surface area contributed by atoms with Crippen molar-refractivity contribution in [1.29, 1.82) is 0 Å². The molecule has 0 aliphatic rings. The number of nitrogens with one attached hydrogen (secondary N) is 1. The normalized spacial score (nSPS) is 10.5. The minimum atomic E-state index is -0.449. The van der Waals surface area contributed by atoms with Gasteiger partial charge in [0.05, 0.1) is 4.92 Å². The van der Waals surface area contributed by atoms with Crippen molar-refractivity contribution in [2.24, 2.45) is 0 Å². The van der Waals surface area contributed by atoms with Crippen LogP contribution in [0.15, 0.2) is 16.7 Å². The second-order valence-corrected chi connectivity index (χ2v) is 4.42. The van der Waals surface area contributed by atoms with Crippen molar-refractivity contribution in [3.05, 3.63) is 26.9 Å². The standard InChI is InChI=1S/C9H13BrN4O2/c1-13(2)4-3-11-9-8(14(15)16)5-7(10)6-12-9/h5-6H,3-4H2,1-2H3,(H,11,12). The summed E-state index contributed by atoms with van der Waals surface area (Å²) in [4.78, 5) is 16.3. The van der Waals surface area contributed by atoms with Gasteiger partial charge in [0.25, 0.3) is 0 Å². The summed E-state index contributed by atoms with van der Waals surface area (Å²) in [6.07, 6.45) is 1.53. The Morgan fingerprint density at radius 2 is 2.31 bits per heavy atom. The summed E-state index contributed by atoms with van der Waals surface area (Å²) in [5.41, 5.74) is -0.0202. The lowest BCUT2D eigenvalue weighted by molar-refractivity contribution is -0.384. The smallest absolute Gasteiger partial charge is 0.312 e. The zero-order chi connectivity index (χ0) is 12.1. The number of halogens is 1. The fourth-order valence-corrected chi connectivity index (χ4v) is 1.42. The van der Waals surface area contributed by atoms with Gasteiger partial charge in [0.1, 0.15) is 0 Å². The van der Waals surface area contributed by atoms with Crippen molar-refractivity contribution < 1.29 is 4.92 Å². The van der Waals surface area contributed by atoms with E-state index in [1.54, 1.807) is 0 Å². The third-order valence-corrected chi connectivity index (χ3v) is 2.32. The number of anilines is 1. The van der Waals surface area contributed by atoms with E-state index in [1.807, 2.05) is 19.0 Å². The minimum Gasteiger partial charge on any atom is -0.363 e. The van der Waals surface area contributed by atoms with Crippen LogP contribution < -0.4 is 5.32 Å². The SMILES string of the molecule is CN(C)CCNc1ncc(Br)cc1[N+](=O)[O-]. The van der Waals surface area contributed by atoms with Crippen LogP contribution in [0.1, 0.15) is 0 Å². The number of hydrogen-bond acceptors (Lipinski definition) is 5. The lowest BCUT2D eigenvalue weighted by atomic mass is 10.4. The number of hydrogen-bond donors (Lipinski definition) is 1. The van der Waals surface area contributed by atoms with Crippen LogP contribution in [0.25, 0.3) is 0 Å². The molecule has 1 aromatic rings. The summed E-state index contributed by atoms with van der Waals surface area (Å²) in [6, 6.07) is 1.44. The van der Waals surface area contributed by atoms with E-state index in [1.165, 1.54) is 12.3 Å². The summed E-state index contributed by atoms with van der Waals surface area (Å²) < 4.78 is 0.595. The number of nitro groups is 1. The first kappa shape index (κ1) is 12.9. The average molecular weight is 289 g/mol. The predicted octanol–water partition coefficient (Wildman–Crippen LogP) is 1.73. The van der Waals surface area contributed by atoms with E-state index in [-0.39, 0.29) is 5.69 Å². The van der Waals surface area contributed by atoms with Crippen LogP contribution in [0, 0.1) is 10.1 Å². The van der Waals surface area contributed by atoms with Gasteiger partial charge in [0.15, 0.2) is 0 Å². The maximum absolute atomic E-state index is 10.8. The highest BCUT2D eigenvalue weighted by atomic mass is 79.9. The van der Waals surface area contributed by atoms with Crippen molar-refractivity contribution >= 4 is 27.4 Å². The maximum Gasteiger partial charge on any atom is 0.312 e. The molecule has 0 aromatic carbocycles. The average Bonchev–Trinajstić information content (AvgIpc) is 2.19. The molecule has 0 aliphatic carbocycles. The Balaban J connectivity index is 2.75. The van der Waals surface area contributed by atoms with Crippen LogP contribution >= 0.6 is 15.9 Å². The lowest BCUT2D eigenvalue weighted by Crippen LogP contribution is -2.21. The maximum atomic E-state index is 10.8. The molecular weight excluding hydrogens is 276 g/mol. The first-order valence-electron chi connectivity index (χ1n) is 4.69. The summed E-state index contributed by atoms with van der Waals surface area (Å²) in [7, 11) is 3.87. The second kappa shape index (κ2) is 5.76. The molecule has 0 atom stereocenters. The van der Waals surface area contributed by atoms with Crippen LogP contribution in [0.3, 0.4) is 0 Å². The monoisotopic (exact) mass is 288 g/mol. The number of pyridine rings is 1. The minimum absolute atomic E-state index is 0.0202. The van der Waals surface area contributed by atoms with Gasteiger partial charge in [-0.3, -0.25) is 10.1 Å². The molecule has 1 aromatic heterocycles. The topological polar surface area (TPSA) is 71.3 Å². The largest absolute Gasteiger partial charge is 0.363 e. The summed E-state index contributed by atoms with van der Waals surface area (Å²) >= 11 is 3.15. The van der Waals surface area contributed by atoms with Crippen LogP contribution in [0.5, 0.6) is 0 Å². The number of likely N-dealkylation sites (N-methyl/N-ethyl adjacent to an activating group) is 1. The van der Waals surface area contributed by atoms with E-state index in [0.717, 1.165) is 6.54 Å². The molecule has 0 radical (unpaired) electrons. The van der Waals surface area contributed by atoms with Gasteiger partial charge >= 0.3 is 5.69 Å². The highest BCUT2D eigenvalue weighted by molar-refractivity contribution is 9.10. The molecule has 1 N–H and O–H groups in total. The first-order chi connectivity index (χ1) is 7.50. The summed E-state index contributed by atoms with van der Waals surface area (Å²) in [6.45, 7) is 1.40. The lowest BCUT2D eigenvalue weighted by Gasteiger charge is -2.10. The van der Waals surface area contributed by atoms with E-state index in [9.17, 15) is 10.1 Å². The number of rotatable bonds is 5. The highest BCUT2D eigenvalue weighted by Gasteiger charge is 2.15. The molecule has 0 bridgehead atoms. The molecule has 88 valence electrons. The molecule has 0 amide bonds. The van der Waals surface area contributed by atoms with Crippen LogP contribution in [-0.2, 0) is 0 Å². The van der Waals surface area contributed by atoms with Crippen molar-refractivity contribution in [3.8, 4) is 0 Å². The fraction of sp³-hybridized carbons (Fsp3) is 0.444. The second-order valence-electron chi connectivity index (χ2n) is 3.51. The molecule has 7 heteroatoms. The van der Waals surface area contributed by atoms with Gasteiger partial charge in [-0.15, -0.1) is 0 Å². The quantitative estimate of drug-likeness (QED) is 0.660. The Morgan fingerprint density at radius 3 is 2.88 bits per heavy atom. The number of aromatic nitrogens is 1. The molecule has 1 rings (SSSR count). The predicted molar refractivity (Wildman–Crippen MR) is 65.6 cm³/mol. The Morgan fingerprint density at radius 1 is 1.62 bits per heavy atom. The zero-order valence-corrected chi connectivity index (χ0v) is 10.7. The van der Waals surface area contributed by atoms with E-state index in [0.29, 0.717) is 16.8 Å². The molecule has 0 spiro atoms. The van der Waals surface area contributed by atoms with Gasteiger partial charge in [-0.2, -0.15) is 0 Å². The first-order valence-corrected chi connectivity index (χ1v) is 5.48. The van der Waals surface area contributed by atoms with Crippen molar-refractivity contribution in [1.82, 2.24) is 9.88 Å². The van der Waals surface area contributed by atoms with E-state index < -0.39 is 4.92 Å². The Bertz CT molecular complexity index is 384. The Kier molecular flexibility index (Phi) is 4.63. The molecule has 1 heterocycles. The summed E-state index contributed by atoms with van der Waals surface area (Å²) in [5.74, 6) is 0.301. The van der Waals surface area contributed by atoms with E-state index in [4.69, 9.17) is 0 Å². The highest BCUT2D eigenvalue weighted by Crippen LogP contribution is 2.24. The van der Waals surface area contributed by atoms with Gasteiger partial charge in [-0.05, 0) is 30.0 Å². The van der Waals surface area contributed by atoms with Gasteiger partial charge in [-0.1, -0.05) is 0 Å². The molecule has 0 saturated heterocycles. The third kappa shape index (κ3) is 3.74. The molecule has 0 aliphatic heterocycles. The van der Waals surface area contributed by atoms with Crippen LogP contribution in [0.2, 0.25) is 0 Å². The fourth-order valence-electron chi connectivity index (χ4n) is 1.10. The van der Waals surface area contributed by atoms with Crippen LogP contribution in [-0.4, -0.2) is 42.0 Å². The van der Waals surface area contributed by atoms with Crippen LogP contribution in [0.4, 0.5) is 11.5 Å². The third-order valence-electron chi connectivity index (χ3n) is 1.88. The molecule has 0 fully saturated rings. The van der Waals surface area contributed by atoms with E-state index in [2.05, 4.69) is 26.2 Å². The van der Waals surface area contributed by atoms with Gasteiger partial charge < -0.3 is 10.2 Å². The summed E-state index contributed by atoms with van der Waals surface area (Å²) in [5, 5.41) is 13.7. The van der Waals surface area contributed by atoms with Crippen molar-refractivity contribution in [2.75, 3.05) is 32.5 Å². The zero-order valence-electron chi connectivity index (χ0n) is 9.11. The number of nitrogens with zero attached hydrogens (tertiary/aromatic N) is 3. The van der Waals surface area contributed by atoms with Crippen molar-refractivity contribution in [2.45, 2.75) is 0 Å². The van der Waals surface area contributed by atoms with Gasteiger partial charge in [-0.25, -0.2) is 4.98 Å². The van der Waals surface area contributed by atoms with Gasteiger partial charge in [0, 0.05) is 29.8 Å². The van der Waals surface area contributed by atoms with Gasteiger partial charge in [0.2, 0.25) is 5.82 Å². The molecule has 0 saturated carbocycles. The molecule has 6 nitrogen and oxygen atoms in total. The van der Waals surface area contributed by atoms with E-state index >= 15 is 0 Å². The van der Waals surface area contributed by atoms with Crippen molar-refractivity contribution in [3.63, 3.8) is 0 Å². The Hall–Kier alpha value is -1.21.